The highest BCUT2D eigenvalue weighted by atomic mass is 16.3. The number of rotatable bonds is 5. The van der Waals surface area contributed by atoms with Gasteiger partial charge in [0.25, 0.3) is 5.91 Å². The summed E-state index contributed by atoms with van der Waals surface area (Å²) in [4.78, 5) is 16.8. The molecule has 0 unspecified atom stereocenters. The summed E-state index contributed by atoms with van der Waals surface area (Å²) in [5.74, 6) is -0.0810. The molecular weight excluding hydrogens is 290 g/mol. The summed E-state index contributed by atoms with van der Waals surface area (Å²) in [6.45, 7) is 11.5. The van der Waals surface area contributed by atoms with Gasteiger partial charge in [0, 0.05) is 56.1 Å². The van der Waals surface area contributed by atoms with E-state index in [-0.39, 0.29) is 18.1 Å². The third-order valence-electron chi connectivity index (χ3n) is 4.34. The Morgan fingerprint density at radius 2 is 1.74 bits per heavy atom. The standard InChI is InChI=1S/C18H29N3O2/c1-18(2,3)21-12-10-20(11-13-21)16-7-5-15(6-8-16)17(23)19-9-4-14-22/h5-8,22H,4,9-14H2,1-3H3,(H,19,23). The zero-order chi connectivity index (χ0) is 16.9. The van der Waals surface area contributed by atoms with Crippen molar-refractivity contribution >= 4 is 11.6 Å². The van der Waals surface area contributed by atoms with E-state index < -0.39 is 0 Å². The van der Waals surface area contributed by atoms with E-state index in [0.717, 1.165) is 26.2 Å². The summed E-state index contributed by atoms with van der Waals surface area (Å²) in [7, 11) is 0. The average molecular weight is 319 g/mol. The minimum atomic E-state index is -0.0810. The predicted molar refractivity (Wildman–Crippen MR) is 94.0 cm³/mol. The summed E-state index contributed by atoms with van der Waals surface area (Å²) in [6, 6.07) is 7.79. The highest BCUT2D eigenvalue weighted by molar-refractivity contribution is 5.94. The van der Waals surface area contributed by atoms with E-state index in [1.807, 2.05) is 24.3 Å². The highest BCUT2D eigenvalue weighted by Crippen LogP contribution is 2.21. The van der Waals surface area contributed by atoms with Crippen LogP contribution in [-0.2, 0) is 0 Å². The van der Waals surface area contributed by atoms with Crippen molar-refractivity contribution in [3.8, 4) is 0 Å². The molecule has 2 N–H and O–H groups in total. The second-order valence-corrected chi connectivity index (χ2v) is 7.02. The number of aliphatic hydroxyl groups is 1. The number of carbonyl (C=O) groups excluding carboxylic acids is 1. The molecule has 5 heteroatoms. The minimum absolute atomic E-state index is 0.0810. The van der Waals surface area contributed by atoms with Crippen molar-refractivity contribution in [1.29, 1.82) is 0 Å². The maximum absolute atomic E-state index is 11.9. The van der Waals surface area contributed by atoms with E-state index in [9.17, 15) is 4.79 Å². The third-order valence-corrected chi connectivity index (χ3v) is 4.34. The molecule has 1 aliphatic heterocycles. The second-order valence-electron chi connectivity index (χ2n) is 7.02. The van der Waals surface area contributed by atoms with Crippen LogP contribution in [0.15, 0.2) is 24.3 Å². The maximum Gasteiger partial charge on any atom is 0.251 e. The molecule has 0 aromatic heterocycles. The first kappa shape index (κ1) is 17.8. The normalized spacial score (nSPS) is 16.4. The van der Waals surface area contributed by atoms with Crippen LogP contribution >= 0.6 is 0 Å². The molecule has 5 nitrogen and oxygen atoms in total. The largest absolute Gasteiger partial charge is 0.396 e. The van der Waals surface area contributed by atoms with Gasteiger partial charge in [-0.2, -0.15) is 0 Å². The van der Waals surface area contributed by atoms with E-state index in [1.54, 1.807) is 0 Å². The molecule has 0 atom stereocenters. The van der Waals surface area contributed by atoms with Crippen molar-refractivity contribution in [2.75, 3.05) is 44.2 Å². The van der Waals surface area contributed by atoms with Gasteiger partial charge in [0.1, 0.15) is 0 Å². The average Bonchev–Trinajstić information content (AvgIpc) is 2.54. The molecule has 128 valence electrons. The lowest BCUT2D eigenvalue weighted by Gasteiger charge is -2.43. The summed E-state index contributed by atoms with van der Waals surface area (Å²) in [5.41, 5.74) is 2.06. The lowest BCUT2D eigenvalue weighted by atomic mass is 10.0. The smallest absolute Gasteiger partial charge is 0.251 e. The SMILES string of the molecule is CC(C)(C)N1CCN(c2ccc(C(=O)NCCCO)cc2)CC1. The Kier molecular flexibility index (Phi) is 6.02. The van der Waals surface area contributed by atoms with Gasteiger partial charge in [-0.3, -0.25) is 9.69 Å². The number of aliphatic hydroxyl groups excluding tert-OH is 1. The Hall–Kier alpha value is -1.59. The second kappa shape index (κ2) is 7.79. The molecule has 2 rings (SSSR count). The predicted octanol–water partition coefficient (Wildman–Crippen LogP) is 1.72. The Bertz CT molecular complexity index is 500. The number of nitrogens with zero attached hydrogens (tertiary/aromatic N) is 2. The summed E-state index contributed by atoms with van der Waals surface area (Å²) >= 11 is 0. The van der Waals surface area contributed by atoms with E-state index in [1.165, 1.54) is 5.69 Å². The van der Waals surface area contributed by atoms with Crippen molar-refractivity contribution in [2.24, 2.45) is 0 Å². The van der Waals surface area contributed by atoms with Gasteiger partial charge in [-0.15, -0.1) is 0 Å². The molecule has 0 spiro atoms. The van der Waals surface area contributed by atoms with E-state index in [4.69, 9.17) is 5.11 Å². The molecule has 0 radical (unpaired) electrons. The number of anilines is 1. The molecule has 1 aliphatic rings. The Morgan fingerprint density at radius 1 is 1.13 bits per heavy atom. The van der Waals surface area contributed by atoms with Crippen LogP contribution in [0, 0.1) is 0 Å². The number of benzene rings is 1. The summed E-state index contributed by atoms with van der Waals surface area (Å²) < 4.78 is 0. The van der Waals surface area contributed by atoms with Crippen LogP contribution in [0.4, 0.5) is 5.69 Å². The zero-order valence-electron chi connectivity index (χ0n) is 14.5. The van der Waals surface area contributed by atoms with Gasteiger partial charge in [0.15, 0.2) is 0 Å². The molecule has 1 amide bonds. The Balaban J connectivity index is 1.89. The fourth-order valence-electron chi connectivity index (χ4n) is 2.84. The van der Waals surface area contributed by atoms with Crippen molar-refractivity contribution < 1.29 is 9.90 Å². The van der Waals surface area contributed by atoms with E-state index >= 15 is 0 Å². The lowest BCUT2D eigenvalue weighted by molar-refractivity contribution is 0.0951. The molecule has 1 heterocycles. The minimum Gasteiger partial charge on any atom is -0.396 e. The number of hydrogen-bond donors (Lipinski definition) is 2. The molecule has 23 heavy (non-hydrogen) atoms. The van der Waals surface area contributed by atoms with Crippen LogP contribution in [0.25, 0.3) is 0 Å². The van der Waals surface area contributed by atoms with Crippen LogP contribution in [0.2, 0.25) is 0 Å². The van der Waals surface area contributed by atoms with Crippen molar-refractivity contribution in [3.05, 3.63) is 29.8 Å². The van der Waals surface area contributed by atoms with Gasteiger partial charge in [-0.25, -0.2) is 0 Å². The molecule has 0 aliphatic carbocycles. The van der Waals surface area contributed by atoms with Gasteiger partial charge in [-0.05, 0) is 51.5 Å². The molecular formula is C18H29N3O2. The number of amides is 1. The number of carbonyl (C=O) groups is 1. The van der Waals surface area contributed by atoms with Gasteiger partial charge >= 0.3 is 0 Å². The van der Waals surface area contributed by atoms with Gasteiger partial charge in [0.05, 0.1) is 0 Å². The quantitative estimate of drug-likeness (QED) is 0.812. The molecule has 1 saturated heterocycles. The molecule has 0 bridgehead atoms. The third kappa shape index (κ3) is 4.94. The molecule has 1 aromatic rings. The number of piperazine rings is 1. The fourth-order valence-corrected chi connectivity index (χ4v) is 2.84. The lowest BCUT2D eigenvalue weighted by Crippen LogP contribution is -2.53. The van der Waals surface area contributed by atoms with Crippen LogP contribution in [0.1, 0.15) is 37.6 Å². The molecule has 1 fully saturated rings. The van der Waals surface area contributed by atoms with E-state index in [0.29, 0.717) is 18.5 Å². The number of nitrogens with one attached hydrogen (secondary N) is 1. The van der Waals surface area contributed by atoms with Crippen LogP contribution in [0.3, 0.4) is 0 Å². The monoisotopic (exact) mass is 319 g/mol. The molecule has 1 aromatic carbocycles. The van der Waals surface area contributed by atoms with Crippen molar-refractivity contribution in [1.82, 2.24) is 10.2 Å². The van der Waals surface area contributed by atoms with Crippen LogP contribution in [0.5, 0.6) is 0 Å². The van der Waals surface area contributed by atoms with Crippen molar-refractivity contribution in [3.63, 3.8) is 0 Å². The first-order valence-corrected chi connectivity index (χ1v) is 8.41. The van der Waals surface area contributed by atoms with Crippen molar-refractivity contribution in [2.45, 2.75) is 32.7 Å². The Morgan fingerprint density at radius 3 is 2.26 bits per heavy atom. The van der Waals surface area contributed by atoms with Gasteiger partial charge < -0.3 is 15.3 Å². The molecule has 0 saturated carbocycles. The number of hydrogen-bond acceptors (Lipinski definition) is 4. The topological polar surface area (TPSA) is 55.8 Å². The van der Waals surface area contributed by atoms with Crippen LogP contribution < -0.4 is 10.2 Å². The van der Waals surface area contributed by atoms with Gasteiger partial charge in [0.2, 0.25) is 0 Å². The first-order valence-electron chi connectivity index (χ1n) is 8.41. The van der Waals surface area contributed by atoms with Gasteiger partial charge in [-0.1, -0.05) is 0 Å². The summed E-state index contributed by atoms with van der Waals surface area (Å²) in [6.07, 6.45) is 0.585. The first-order chi connectivity index (χ1) is 10.9. The zero-order valence-corrected chi connectivity index (χ0v) is 14.5. The fraction of sp³-hybridized carbons (Fsp3) is 0.611. The summed E-state index contributed by atoms with van der Waals surface area (Å²) in [5, 5.41) is 11.5. The van der Waals surface area contributed by atoms with E-state index in [2.05, 4.69) is 35.9 Å². The van der Waals surface area contributed by atoms with Crippen LogP contribution in [-0.4, -0.2) is 60.8 Å². The maximum atomic E-state index is 11.9. The highest BCUT2D eigenvalue weighted by Gasteiger charge is 2.25. The Labute approximate surface area is 139 Å².